The molecule has 1 atom stereocenters. The van der Waals surface area contributed by atoms with Crippen LogP contribution in [0.25, 0.3) is 53.6 Å². The number of anilines is 3. The highest BCUT2D eigenvalue weighted by Crippen LogP contribution is 2.60. The first-order valence-corrected chi connectivity index (χ1v) is 23.4. The summed E-state index contributed by atoms with van der Waals surface area (Å²) in [5.41, 5.74) is 19.2. The van der Waals surface area contributed by atoms with Crippen LogP contribution in [0.1, 0.15) is 45.9 Å². The van der Waals surface area contributed by atoms with Crippen molar-refractivity contribution in [3.8, 4) is 33.4 Å². The minimum absolute atomic E-state index is 0.339. The van der Waals surface area contributed by atoms with Crippen LogP contribution in [-0.2, 0) is 10.8 Å². The molecule has 11 aromatic rings. The lowest BCUT2D eigenvalue weighted by atomic mass is 9.68. The van der Waals surface area contributed by atoms with Crippen molar-refractivity contribution in [2.24, 2.45) is 0 Å². The number of benzene rings is 10. The average Bonchev–Trinajstić information content (AvgIpc) is 4.00. The fourth-order valence-corrected chi connectivity index (χ4v) is 12.8. The highest BCUT2D eigenvalue weighted by molar-refractivity contribution is 7.25. The summed E-state index contributed by atoms with van der Waals surface area (Å²) in [4.78, 5) is 2.54. The Bertz CT molecular complexity index is 3580. The Morgan fingerprint density at radius 2 is 0.923 bits per heavy atom. The van der Waals surface area contributed by atoms with Crippen molar-refractivity contribution < 1.29 is 0 Å². The summed E-state index contributed by atoms with van der Waals surface area (Å²) in [6.45, 7) is 2.41. The zero-order valence-corrected chi connectivity index (χ0v) is 36.8. The molecule has 0 saturated heterocycles. The molecular formula is C63H43NS. The van der Waals surface area contributed by atoms with Crippen LogP contribution in [0.2, 0.25) is 0 Å². The molecule has 13 rings (SSSR count). The van der Waals surface area contributed by atoms with Crippen molar-refractivity contribution in [2.45, 2.75) is 17.8 Å². The molecule has 0 radical (unpaired) electrons. The van der Waals surface area contributed by atoms with Gasteiger partial charge in [-0.15, -0.1) is 11.3 Å². The van der Waals surface area contributed by atoms with E-state index in [1.807, 2.05) is 11.3 Å². The zero-order valence-electron chi connectivity index (χ0n) is 35.9. The predicted octanol–water partition coefficient (Wildman–Crippen LogP) is 16.9. The molecule has 0 saturated carbocycles. The van der Waals surface area contributed by atoms with Gasteiger partial charge < -0.3 is 4.90 Å². The van der Waals surface area contributed by atoms with Crippen LogP contribution in [0.3, 0.4) is 0 Å². The molecule has 10 aromatic carbocycles. The van der Waals surface area contributed by atoms with Crippen molar-refractivity contribution in [3.63, 3.8) is 0 Å². The topological polar surface area (TPSA) is 3.24 Å². The molecule has 65 heavy (non-hydrogen) atoms. The van der Waals surface area contributed by atoms with Crippen LogP contribution in [0, 0.1) is 0 Å². The van der Waals surface area contributed by atoms with Crippen molar-refractivity contribution in [2.75, 3.05) is 4.90 Å². The maximum absolute atomic E-state index is 2.54. The zero-order chi connectivity index (χ0) is 43.1. The van der Waals surface area contributed by atoms with Gasteiger partial charge in [0.15, 0.2) is 0 Å². The number of hydrogen-bond acceptors (Lipinski definition) is 2. The first kappa shape index (κ1) is 37.7. The maximum atomic E-state index is 2.54. The fraction of sp³-hybridized carbons (Fsp3) is 0.0476. The molecule has 0 bridgehead atoms. The molecule has 2 heteroatoms. The van der Waals surface area contributed by atoms with E-state index >= 15 is 0 Å². The highest BCUT2D eigenvalue weighted by atomic mass is 32.1. The number of thiophene rings is 1. The van der Waals surface area contributed by atoms with Gasteiger partial charge in [0.2, 0.25) is 0 Å². The Morgan fingerprint density at radius 1 is 0.369 bits per heavy atom. The average molecular weight is 846 g/mol. The number of fused-ring (bicyclic) bond motifs is 9. The molecular weight excluding hydrogens is 803 g/mol. The monoisotopic (exact) mass is 845 g/mol. The maximum Gasteiger partial charge on any atom is 0.0713 e. The molecule has 0 fully saturated rings. The van der Waals surface area contributed by atoms with Gasteiger partial charge in [-0.1, -0.05) is 200 Å². The van der Waals surface area contributed by atoms with Gasteiger partial charge in [-0.3, -0.25) is 0 Å². The second-order valence-electron chi connectivity index (χ2n) is 17.7. The molecule has 1 nitrogen and oxygen atoms in total. The third kappa shape index (κ3) is 5.45. The lowest BCUT2D eigenvalue weighted by molar-refractivity contribution is 0.714. The van der Waals surface area contributed by atoms with Crippen molar-refractivity contribution in [1.82, 2.24) is 0 Å². The van der Waals surface area contributed by atoms with E-state index in [1.54, 1.807) is 0 Å². The number of hydrogen-bond donors (Lipinski definition) is 0. The summed E-state index contributed by atoms with van der Waals surface area (Å²) >= 11 is 1.87. The van der Waals surface area contributed by atoms with Gasteiger partial charge in [0.1, 0.15) is 0 Å². The quantitative estimate of drug-likeness (QED) is 0.154. The molecule has 0 spiro atoms. The molecule has 1 aromatic heterocycles. The number of rotatable bonds is 7. The van der Waals surface area contributed by atoms with Gasteiger partial charge in [-0.2, -0.15) is 0 Å². The van der Waals surface area contributed by atoms with Crippen LogP contribution in [0.5, 0.6) is 0 Å². The van der Waals surface area contributed by atoms with Crippen molar-refractivity contribution in [1.29, 1.82) is 0 Å². The van der Waals surface area contributed by atoms with E-state index in [9.17, 15) is 0 Å². The SMILES string of the molecule is CC1(c2ccccc2)c2ccccc2-c2c(N(c3cccc(-c4cccc5sc6ccccc6c45)c3)c3ccc4c(c3)-c3ccccc3C4(c3ccccc3)c3ccccc3)cccc21. The van der Waals surface area contributed by atoms with E-state index in [1.165, 1.54) is 92.5 Å². The highest BCUT2D eigenvalue weighted by Gasteiger charge is 2.47. The summed E-state index contributed by atoms with van der Waals surface area (Å²) in [6.07, 6.45) is 0. The Hall–Kier alpha value is -7.78. The van der Waals surface area contributed by atoms with Gasteiger partial charge >= 0.3 is 0 Å². The summed E-state index contributed by atoms with van der Waals surface area (Å²) in [6, 6.07) is 90.4. The van der Waals surface area contributed by atoms with Crippen LogP contribution in [-0.4, -0.2) is 0 Å². The van der Waals surface area contributed by atoms with Gasteiger partial charge in [0, 0.05) is 42.5 Å². The van der Waals surface area contributed by atoms with Crippen LogP contribution in [0.15, 0.2) is 243 Å². The van der Waals surface area contributed by atoms with E-state index in [4.69, 9.17) is 0 Å². The van der Waals surface area contributed by atoms with E-state index in [0.717, 1.165) is 17.1 Å². The summed E-state index contributed by atoms with van der Waals surface area (Å²) in [5, 5.41) is 2.62. The molecule has 0 N–H and O–H groups in total. The first-order valence-electron chi connectivity index (χ1n) is 22.6. The molecule has 1 unspecified atom stereocenters. The normalized spacial score (nSPS) is 15.3. The minimum atomic E-state index is -0.482. The second-order valence-corrected chi connectivity index (χ2v) is 18.7. The smallest absolute Gasteiger partial charge is 0.0713 e. The molecule has 0 aliphatic heterocycles. The van der Waals surface area contributed by atoms with Crippen molar-refractivity contribution in [3.05, 3.63) is 282 Å². The van der Waals surface area contributed by atoms with Gasteiger partial charge in [-0.05, 0) is 116 Å². The molecule has 2 aliphatic carbocycles. The van der Waals surface area contributed by atoms with E-state index in [2.05, 4.69) is 254 Å². The Balaban J connectivity index is 1.09. The van der Waals surface area contributed by atoms with Gasteiger partial charge in [0.25, 0.3) is 0 Å². The molecule has 1 heterocycles. The fourth-order valence-electron chi connectivity index (χ4n) is 11.6. The molecule has 2 aliphatic rings. The molecule has 0 amide bonds. The van der Waals surface area contributed by atoms with Crippen LogP contribution < -0.4 is 4.90 Å². The Labute approximate surface area is 384 Å². The lowest BCUT2D eigenvalue weighted by Crippen LogP contribution is -2.28. The standard InChI is InChI=1S/C63H43NS/c1-62(43-21-5-2-6-22-43)53-32-14-12-29-50(53)61-56(62)34-19-35-57(61)64(46-27-17-20-42(40-46)48-31-18-37-59-60(48)51-30-13-16-36-58(51)65-59)47-38-39-55-52(41-47)49-28-11-15-33-54(49)63(55,44-23-7-3-8-24-44)45-25-9-4-10-26-45/h2-41H,1H3. The third-order valence-corrected chi connectivity index (χ3v) is 15.6. The van der Waals surface area contributed by atoms with Gasteiger partial charge in [0.05, 0.1) is 11.1 Å². The van der Waals surface area contributed by atoms with Crippen LogP contribution >= 0.6 is 11.3 Å². The third-order valence-electron chi connectivity index (χ3n) is 14.4. The number of nitrogens with zero attached hydrogens (tertiary/aromatic N) is 1. The van der Waals surface area contributed by atoms with E-state index < -0.39 is 5.41 Å². The largest absolute Gasteiger partial charge is 0.310 e. The molecule has 306 valence electrons. The summed E-state index contributed by atoms with van der Waals surface area (Å²) in [5.74, 6) is 0. The summed E-state index contributed by atoms with van der Waals surface area (Å²) < 4.78 is 2.62. The minimum Gasteiger partial charge on any atom is -0.310 e. The predicted molar refractivity (Wildman–Crippen MR) is 274 cm³/mol. The van der Waals surface area contributed by atoms with Crippen LogP contribution in [0.4, 0.5) is 17.1 Å². The second kappa shape index (κ2) is 14.6. The first-order chi connectivity index (χ1) is 32.1. The van der Waals surface area contributed by atoms with E-state index in [0.29, 0.717) is 0 Å². The van der Waals surface area contributed by atoms with Gasteiger partial charge in [-0.25, -0.2) is 0 Å². The van der Waals surface area contributed by atoms with Crippen molar-refractivity contribution >= 4 is 48.6 Å². The Morgan fingerprint density at radius 3 is 1.69 bits per heavy atom. The summed E-state index contributed by atoms with van der Waals surface area (Å²) in [7, 11) is 0. The lowest BCUT2D eigenvalue weighted by Gasteiger charge is -2.34. The Kier molecular flexibility index (Phi) is 8.50. The van der Waals surface area contributed by atoms with E-state index in [-0.39, 0.29) is 5.41 Å².